The van der Waals surface area contributed by atoms with Gasteiger partial charge in [0.15, 0.2) is 0 Å². The molecule has 0 saturated carbocycles. The highest BCUT2D eigenvalue weighted by atomic mass is 19.1. The monoisotopic (exact) mass is 242 g/mol. The number of hydrogen-bond donors (Lipinski definition) is 3. The van der Waals surface area contributed by atoms with Crippen LogP contribution in [0.4, 0.5) is 15.8 Å². The van der Waals surface area contributed by atoms with Gasteiger partial charge in [-0.15, -0.1) is 0 Å². The Bertz CT molecular complexity index is 394. The topological polar surface area (TPSA) is 67.5 Å². The summed E-state index contributed by atoms with van der Waals surface area (Å²) in [6, 6.07) is 2.68. The number of hydrogen-bond acceptors (Lipinski definition) is 4. The Morgan fingerprint density at radius 3 is 2.71 bits per heavy atom. The van der Waals surface area contributed by atoms with E-state index >= 15 is 0 Å². The quantitative estimate of drug-likeness (QED) is 0.691. The summed E-state index contributed by atoms with van der Waals surface area (Å²) < 4.78 is 18.6. The summed E-state index contributed by atoms with van der Waals surface area (Å²) in [6.07, 6.45) is 0.577. The third kappa shape index (κ3) is 3.49. The van der Waals surface area contributed by atoms with Crippen molar-refractivity contribution < 1.29 is 14.2 Å². The van der Waals surface area contributed by atoms with Crippen molar-refractivity contribution in [2.75, 3.05) is 24.7 Å². The number of halogens is 1. The minimum atomic E-state index is -0.874. The zero-order valence-corrected chi connectivity index (χ0v) is 10.4. The molecule has 0 aliphatic heterocycles. The molecule has 0 fully saturated rings. The van der Waals surface area contributed by atoms with Crippen molar-refractivity contribution in [2.24, 2.45) is 0 Å². The van der Waals surface area contributed by atoms with Gasteiger partial charge in [0, 0.05) is 18.7 Å². The predicted octanol–water partition coefficient (Wildman–Crippen LogP) is 1.99. The second-order valence-electron chi connectivity index (χ2n) is 4.28. The van der Waals surface area contributed by atoms with Crippen LogP contribution in [-0.4, -0.2) is 24.4 Å². The van der Waals surface area contributed by atoms with E-state index < -0.39 is 11.4 Å². The first-order chi connectivity index (χ1) is 7.89. The molecule has 0 aliphatic rings. The van der Waals surface area contributed by atoms with Crippen molar-refractivity contribution in [2.45, 2.75) is 25.9 Å². The highest BCUT2D eigenvalue weighted by Gasteiger charge is 2.18. The van der Waals surface area contributed by atoms with Gasteiger partial charge in [0.2, 0.25) is 0 Å². The SMILES string of the molecule is CCC(C)(O)CNc1cc(OC)c(N)cc1F. The number of rotatable bonds is 5. The molecule has 0 spiro atoms. The summed E-state index contributed by atoms with van der Waals surface area (Å²) in [5.41, 5.74) is 5.21. The molecule has 1 rings (SSSR count). The van der Waals surface area contributed by atoms with E-state index in [1.54, 1.807) is 6.92 Å². The number of nitrogen functional groups attached to an aromatic ring is 1. The minimum Gasteiger partial charge on any atom is -0.495 e. The molecule has 0 saturated heterocycles. The highest BCUT2D eigenvalue weighted by molar-refractivity contribution is 5.62. The molecule has 0 aliphatic carbocycles. The van der Waals surface area contributed by atoms with Crippen molar-refractivity contribution in [1.82, 2.24) is 0 Å². The van der Waals surface area contributed by atoms with Crippen LogP contribution < -0.4 is 15.8 Å². The van der Waals surface area contributed by atoms with Crippen molar-refractivity contribution in [1.29, 1.82) is 0 Å². The fourth-order valence-corrected chi connectivity index (χ4v) is 1.29. The second-order valence-corrected chi connectivity index (χ2v) is 4.28. The number of ether oxygens (including phenoxy) is 1. The smallest absolute Gasteiger partial charge is 0.148 e. The Balaban J connectivity index is 2.84. The maximum atomic E-state index is 13.6. The maximum absolute atomic E-state index is 13.6. The van der Waals surface area contributed by atoms with Gasteiger partial charge < -0.3 is 20.9 Å². The van der Waals surface area contributed by atoms with Gasteiger partial charge in [0.1, 0.15) is 11.6 Å². The Hall–Kier alpha value is -1.49. The van der Waals surface area contributed by atoms with E-state index in [2.05, 4.69) is 5.32 Å². The van der Waals surface area contributed by atoms with E-state index in [4.69, 9.17) is 10.5 Å². The Kier molecular flexibility index (Phi) is 4.17. The molecular formula is C12H19FN2O2. The molecule has 0 heterocycles. The van der Waals surface area contributed by atoms with Gasteiger partial charge in [-0.05, 0) is 13.3 Å². The highest BCUT2D eigenvalue weighted by Crippen LogP contribution is 2.28. The van der Waals surface area contributed by atoms with Crippen molar-refractivity contribution in [3.8, 4) is 5.75 Å². The van der Waals surface area contributed by atoms with Gasteiger partial charge in [-0.3, -0.25) is 0 Å². The largest absolute Gasteiger partial charge is 0.495 e. The lowest BCUT2D eigenvalue weighted by atomic mass is 10.0. The lowest BCUT2D eigenvalue weighted by Crippen LogP contribution is -2.32. The van der Waals surface area contributed by atoms with Gasteiger partial charge in [0.05, 0.1) is 24.1 Å². The number of anilines is 2. The van der Waals surface area contributed by atoms with Crippen LogP contribution in [0.15, 0.2) is 12.1 Å². The number of aliphatic hydroxyl groups is 1. The summed E-state index contributed by atoms with van der Waals surface area (Å²) in [5, 5.41) is 12.7. The molecule has 1 atom stereocenters. The van der Waals surface area contributed by atoms with Crippen LogP contribution >= 0.6 is 0 Å². The number of nitrogens with two attached hydrogens (primary N) is 1. The van der Waals surface area contributed by atoms with Crippen LogP contribution in [0.25, 0.3) is 0 Å². The van der Waals surface area contributed by atoms with Crippen LogP contribution in [0.5, 0.6) is 5.75 Å². The van der Waals surface area contributed by atoms with Crippen molar-refractivity contribution in [3.05, 3.63) is 17.9 Å². The third-order valence-corrected chi connectivity index (χ3v) is 2.74. The Morgan fingerprint density at radius 1 is 1.53 bits per heavy atom. The molecule has 0 amide bonds. The normalized spacial score (nSPS) is 14.2. The lowest BCUT2D eigenvalue weighted by Gasteiger charge is -2.22. The van der Waals surface area contributed by atoms with Gasteiger partial charge >= 0.3 is 0 Å². The predicted molar refractivity (Wildman–Crippen MR) is 66.8 cm³/mol. The van der Waals surface area contributed by atoms with Gasteiger partial charge in [-0.1, -0.05) is 6.92 Å². The lowest BCUT2D eigenvalue weighted by molar-refractivity contribution is 0.0697. The number of methoxy groups -OCH3 is 1. The summed E-state index contributed by atoms with van der Waals surface area (Å²) in [7, 11) is 1.47. The van der Waals surface area contributed by atoms with Crippen molar-refractivity contribution in [3.63, 3.8) is 0 Å². The fourth-order valence-electron chi connectivity index (χ4n) is 1.29. The molecule has 0 radical (unpaired) electrons. The van der Waals surface area contributed by atoms with Crippen LogP contribution in [0.2, 0.25) is 0 Å². The van der Waals surface area contributed by atoms with Crippen LogP contribution in [0.1, 0.15) is 20.3 Å². The Labute approximate surface area is 101 Å². The summed E-state index contributed by atoms with van der Waals surface area (Å²) in [5.74, 6) is -0.0553. The number of nitrogens with one attached hydrogen (secondary N) is 1. The van der Waals surface area contributed by atoms with E-state index in [0.29, 0.717) is 12.2 Å². The zero-order valence-electron chi connectivity index (χ0n) is 10.4. The molecule has 5 heteroatoms. The van der Waals surface area contributed by atoms with Crippen LogP contribution in [0.3, 0.4) is 0 Å². The molecule has 0 bridgehead atoms. The summed E-state index contributed by atoms with van der Waals surface area (Å²) in [4.78, 5) is 0. The summed E-state index contributed by atoms with van der Waals surface area (Å²) in [6.45, 7) is 3.81. The number of benzene rings is 1. The molecule has 96 valence electrons. The summed E-state index contributed by atoms with van der Waals surface area (Å²) >= 11 is 0. The van der Waals surface area contributed by atoms with E-state index in [1.807, 2.05) is 6.92 Å². The van der Waals surface area contributed by atoms with Gasteiger partial charge in [0.25, 0.3) is 0 Å². The maximum Gasteiger partial charge on any atom is 0.148 e. The molecule has 17 heavy (non-hydrogen) atoms. The molecule has 4 N–H and O–H groups in total. The standard InChI is InChI=1S/C12H19FN2O2/c1-4-12(2,16)7-15-10-6-11(17-3)9(14)5-8(10)13/h5-6,15-16H,4,7,14H2,1-3H3. The average Bonchev–Trinajstić information content (AvgIpc) is 2.28. The van der Waals surface area contributed by atoms with Crippen LogP contribution in [0, 0.1) is 5.82 Å². The fraction of sp³-hybridized carbons (Fsp3) is 0.500. The zero-order chi connectivity index (χ0) is 13.1. The van der Waals surface area contributed by atoms with E-state index in [-0.39, 0.29) is 17.9 Å². The second kappa shape index (κ2) is 5.23. The minimum absolute atomic E-state index is 0.248. The van der Waals surface area contributed by atoms with Gasteiger partial charge in [-0.25, -0.2) is 4.39 Å². The average molecular weight is 242 g/mol. The van der Waals surface area contributed by atoms with Gasteiger partial charge in [-0.2, -0.15) is 0 Å². The molecule has 1 aromatic carbocycles. The molecule has 1 unspecified atom stereocenters. The van der Waals surface area contributed by atoms with Crippen LogP contribution in [-0.2, 0) is 0 Å². The first-order valence-electron chi connectivity index (χ1n) is 5.49. The first kappa shape index (κ1) is 13.6. The molecule has 1 aromatic rings. The van der Waals surface area contributed by atoms with E-state index in [0.717, 1.165) is 0 Å². The first-order valence-corrected chi connectivity index (χ1v) is 5.49. The van der Waals surface area contributed by atoms with Crippen molar-refractivity contribution >= 4 is 11.4 Å². The van der Waals surface area contributed by atoms with E-state index in [1.165, 1.54) is 19.2 Å². The Morgan fingerprint density at radius 2 is 2.18 bits per heavy atom. The third-order valence-electron chi connectivity index (χ3n) is 2.74. The molecule has 4 nitrogen and oxygen atoms in total. The molecule has 0 aromatic heterocycles. The molecular weight excluding hydrogens is 223 g/mol. The van der Waals surface area contributed by atoms with E-state index in [9.17, 15) is 9.50 Å².